The first-order valence-corrected chi connectivity index (χ1v) is 10.0. The highest BCUT2D eigenvalue weighted by molar-refractivity contribution is 6.34. The lowest BCUT2D eigenvalue weighted by Crippen LogP contribution is -2.45. The van der Waals surface area contributed by atoms with Crippen LogP contribution in [0.15, 0.2) is 60.7 Å². The van der Waals surface area contributed by atoms with Gasteiger partial charge in [0, 0.05) is 12.1 Å². The highest BCUT2D eigenvalue weighted by Crippen LogP contribution is 2.25. The smallest absolute Gasteiger partial charge is 0.327 e. The zero-order chi connectivity index (χ0) is 22.5. The van der Waals surface area contributed by atoms with Gasteiger partial charge in [-0.05, 0) is 41.5 Å². The van der Waals surface area contributed by atoms with Crippen molar-refractivity contribution in [3.05, 3.63) is 82.4 Å². The number of aliphatic carboxylic acids is 1. The molecule has 0 heterocycles. The second-order valence-corrected chi connectivity index (χ2v) is 7.47. The number of carbonyl (C=O) groups is 3. The fourth-order valence-electron chi connectivity index (χ4n) is 3.28. The maximum absolute atomic E-state index is 12.7. The number of carboxylic acid groups (broad SMARTS) is 1. The Hall–Kier alpha value is -3.42. The van der Waals surface area contributed by atoms with Crippen molar-refractivity contribution in [2.24, 2.45) is 5.73 Å². The molecule has 3 rings (SSSR count). The summed E-state index contributed by atoms with van der Waals surface area (Å²) in [6.45, 7) is 1.63. The van der Waals surface area contributed by atoms with Crippen molar-refractivity contribution in [3.63, 3.8) is 0 Å². The predicted molar refractivity (Wildman–Crippen MR) is 119 cm³/mol. The molecule has 5 N–H and O–H groups in total. The summed E-state index contributed by atoms with van der Waals surface area (Å²) < 4.78 is 0. The van der Waals surface area contributed by atoms with E-state index in [9.17, 15) is 14.4 Å². The van der Waals surface area contributed by atoms with Crippen LogP contribution in [0, 0.1) is 0 Å². The van der Waals surface area contributed by atoms with Gasteiger partial charge < -0.3 is 21.5 Å². The number of nitrogens with two attached hydrogens (primary N) is 1. The third-order valence-corrected chi connectivity index (χ3v) is 5.27. The monoisotopic (exact) mass is 439 g/mol. The quantitative estimate of drug-likeness (QED) is 0.450. The van der Waals surface area contributed by atoms with E-state index in [2.05, 4.69) is 10.6 Å². The first kappa shape index (κ1) is 22.3. The largest absolute Gasteiger partial charge is 0.480 e. The normalized spacial score (nSPS) is 12.7. The van der Waals surface area contributed by atoms with Crippen LogP contribution >= 0.6 is 11.6 Å². The lowest BCUT2D eigenvalue weighted by atomic mass is 9.99. The number of fused-ring (bicyclic) bond motifs is 1. The van der Waals surface area contributed by atoms with Crippen molar-refractivity contribution in [1.82, 2.24) is 10.6 Å². The molecule has 3 aromatic rings. The van der Waals surface area contributed by atoms with Gasteiger partial charge in [0.2, 0.25) is 0 Å². The molecule has 0 saturated carbocycles. The van der Waals surface area contributed by atoms with Crippen molar-refractivity contribution < 1.29 is 19.5 Å². The van der Waals surface area contributed by atoms with Gasteiger partial charge >= 0.3 is 5.97 Å². The van der Waals surface area contributed by atoms with Crippen LogP contribution in [-0.4, -0.2) is 35.5 Å². The molecule has 0 fully saturated rings. The van der Waals surface area contributed by atoms with Gasteiger partial charge in [-0.2, -0.15) is 0 Å². The van der Waals surface area contributed by atoms with Gasteiger partial charge in [0.05, 0.1) is 16.6 Å². The molecule has 0 bridgehead atoms. The minimum atomic E-state index is -1.25. The fourth-order valence-corrected chi connectivity index (χ4v) is 3.55. The minimum absolute atomic E-state index is 0.0316. The number of amides is 2. The van der Waals surface area contributed by atoms with Gasteiger partial charge in [0.1, 0.15) is 6.04 Å². The zero-order valence-corrected chi connectivity index (χ0v) is 17.5. The van der Waals surface area contributed by atoms with E-state index in [-0.39, 0.29) is 34.6 Å². The summed E-state index contributed by atoms with van der Waals surface area (Å²) in [5.41, 5.74) is 6.67. The third-order valence-electron chi connectivity index (χ3n) is 4.95. The second kappa shape index (κ2) is 9.59. The summed E-state index contributed by atoms with van der Waals surface area (Å²) in [6, 6.07) is 16.6. The molecular weight excluding hydrogens is 418 g/mol. The van der Waals surface area contributed by atoms with Gasteiger partial charge in [-0.15, -0.1) is 0 Å². The summed E-state index contributed by atoms with van der Waals surface area (Å²) in [4.78, 5) is 36.1. The maximum Gasteiger partial charge on any atom is 0.327 e. The van der Waals surface area contributed by atoms with Crippen LogP contribution in [0.25, 0.3) is 10.8 Å². The molecular formula is C23H22ClN3O4. The van der Waals surface area contributed by atoms with Crippen molar-refractivity contribution in [3.8, 4) is 0 Å². The molecule has 3 aromatic carbocycles. The standard InChI is InChI=1S/C23H22ClN3O4/c1-13(16-8-4-6-14-5-2-3-7-17(14)16)26-21(28)15-9-10-18(19(24)11-15)22(29)27-20(12-25)23(30)31/h2-11,13,20H,12,25H2,1H3,(H,26,28)(H,27,29)(H,30,31)/t13-,20+/m1/s1. The average molecular weight is 440 g/mol. The van der Waals surface area contributed by atoms with Crippen LogP contribution in [0.4, 0.5) is 0 Å². The average Bonchev–Trinajstić information content (AvgIpc) is 2.76. The molecule has 0 spiro atoms. The lowest BCUT2D eigenvalue weighted by molar-refractivity contribution is -0.138. The van der Waals surface area contributed by atoms with Gasteiger partial charge in [0.25, 0.3) is 11.8 Å². The van der Waals surface area contributed by atoms with E-state index in [4.69, 9.17) is 22.4 Å². The molecule has 0 unspecified atom stereocenters. The van der Waals surface area contributed by atoms with Gasteiger partial charge in [-0.3, -0.25) is 9.59 Å². The Morgan fingerprint density at radius 3 is 2.39 bits per heavy atom. The van der Waals surface area contributed by atoms with Crippen LogP contribution in [-0.2, 0) is 4.79 Å². The number of rotatable bonds is 7. The SMILES string of the molecule is C[C@@H](NC(=O)c1ccc(C(=O)N[C@@H](CN)C(=O)O)c(Cl)c1)c1cccc2ccccc12. The summed E-state index contributed by atoms with van der Waals surface area (Å²) in [6.07, 6.45) is 0. The Bertz CT molecular complexity index is 1140. The van der Waals surface area contributed by atoms with E-state index in [1.54, 1.807) is 0 Å². The van der Waals surface area contributed by atoms with Crippen molar-refractivity contribution in [1.29, 1.82) is 0 Å². The minimum Gasteiger partial charge on any atom is -0.480 e. The lowest BCUT2D eigenvalue weighted by Gasteiger charge is -2.17. The number of hydrogen-bond acceptors (Lipinski definition) is 4. The molecule has 31 heavy (non-hydrogen) atoms. The van der Waals surface area contributed by atoms with Gasteiger partial charge in [0.15, 0.2) is 0 Å². The van der Waals surface area contributed by atoms with E-state index in [1.807, 2.05) is 49.4 Å². The molecule has 0 radical (unpaired) electrons. The number of halogens is 1. The van der Waals surface area contributed by atoms with E-state index in [0.29, 0.717) is 0 Å². The van der Waals surface area contributed by atoms with Gasteiger partial charge in [-0.25, -0.2) is 4.79 Å². The first-order chi connectivity index (χ1) is 14.8. The summed E-state index contributed by atoms with van der Waals surface area (Å²) in [5, 5.41) is 16.4. The molecule has 0 aromatic heterocycles. The molecule has 160 valence electrons. The number of carboxylic acids is 1. The predicted octanol–water partition coefficient (Wildman–Crippen LogP) is 3.13. The molecule has 2 atom stereocenters. The Morgan fingerprint density at radius 1 is 1.00 bits per heavy atom. The van der Waals surface area contributed by atoms with E-state index >= 15 is 0 Å². The molecule has 0 aliphatic carbocycles. The number of benzene rings is 3. The molecule has 0 aliphatic heterocycles. The van der Waals surface area contributed by atoms with Crippen LogP contribution in [0.2, 0.25) is 5.02 Å². The summed E-state index contributed by atoms with van der Waals surface area (Å²) in [7, 11) is 0. The Kier molecular flexibility index (Phi) is 6.89. The topological polar surface area (TPSA) is 122 Å². The van der Waals surface area contributed by atoms with Gasteiger partial charge in [-0.1, -0.05) is 54.1 Å². The van der Waals surface area contributed by atoms with Crippen LogP contribution in [0.1, 0.15) is 39.2 Å². The van der Waals surface area contributed by atoms with E-state index in [0.717, 1.165) is 16.3 Å². The van der Waals surface area contributed by atoms with Crippen molar-refractivity contribution in [2.75, 3.05) is 6.54 Å². The summed E-state index contributed by atoms with van der Waals surface area (Å²) in [5.74, 6) is -2.27. The van der Waals surface area contributed by atoms with E-state index < -0.39 is 17.9 Å². The highest BCUT2D eigenvalue weighted by Gasteiger charge is 2.21. The number of carbonyl (C=O) groups excluding carboxylic acids is 2. The molecule has 0 saturated heterocycles. The summed E-state index contributed by atoms with van der Waals surface area (Å²) >= 11 is 6.19. The Labute approximate surface area is 184 Å². The second-order valence-electron chi connectivity index (χ2n) is 7.06. The fraction of sp³-hybridized carbons (Fsp3) is 0.174. The molecule has 7 nitrogen and oxygen atoms in total. The highest BCUT2D eigenvalue weighted by atomic mass is 35.5. The van der Waals surface area contributed by atoms with Crippen molar-refractivity contribution >= 4 is 40.2 Å². The van der Waals surface area contributed by atoms with Crippen molar-refractivity contribution in [2.45, 2.75) is 19.0 Å². The Balaban J connectivity index is 1.76. The first-order valence-electron chi connectivity index (χ1n) is 9.63. The molecule has 8 heteroatoms. The number of hydrogen-bond donors (Lipinski definition) is 4. The molecule has 0 aliphatic rings. The van der Waals surface area contributed by atoms with Crippen LogP contribution < -0.4 is 16.4 Å². The number of nitrogens with one attached hydrogen (secondary N) is 2. The van der Waals surface area contributed by atoms with Crippen LogP contribution in [0.5, 0.6) is 0 Å². The third kappa shape index (κ3) is 5.02. The maximum atomic E-state index is 12.7. The zero-order valence-electron chi connectivity index (χ0n) is 16.8. The Morgan fingerprint density at radius 2 is 1.71 bits per heavy atom. The van der Waals surface area contributed by atoms with E-state index in [1.165, 1.54) is 18.2 Å². The van der Waals surface area contributed by atoms with Crippen LogP contribution in [0.3, 0.4) is 0 Å². The molecule has 2 amide bonds.